The van der Waals surface area contributed by atoms with Gasteiger partial charge in [-0.2, -0.15) is 0 Å². The molecule has 0 radical (unpaired) electrons. The van der Waals surface area contributed by atoms with Crippen LogP contribution in [0.4, 0.5) is 5.69 Å². The fraction of sp³-hybridized carbons (Fsp3) is 0.471. The van der Waals surface area contributed by atoms with Crippen LogP contribution in [0.25, 0.3) is 10.9 Å². The Labute approximate surface area is 135 Å². The highest BCUT2D eigenvalue weighted by molar-refractivity contribution is 6.32. The summed E-state index contributed by atoms with van der Waals surface area (Å²) in [5, 5.41) is 11.4. The van der Waals surface area contributed by atoms with Gasteiger partial charge in [-0.3, -0.25) is 4.98 Å². The molecule has 5 heteroatoms. The number of aryl methyl sites for hydroxylation is 1. The molecular formula is C17H21ClN2O2. The summed E-state index contributed by atoms with van der Waals surface area (Å²) in [6.07, 6.45) is 3.46. The Kier molecular flexibility index (Phi) is 4.26. The van der Waals surface area contributed by atoms with Crippen molar-refractivity contribution in [3.63, 3.8) is 0 Å². The average molecular weight is 321 g/mol. The van der Waals surface area contributed by atoms with Crippen LogP contribution in [0.15, 0.2) is 24.4 Å². The molecule has 1 fully saturated rings. The first-order valence-electron chi connectivity index (χ1n) is 7.54. The first-order chi connectivity index (χ1) is 10.6. The van der Waals surface area contributed by atoms with Crippen molar-refractivity contribution in [3.8, 4) is 0 Å². The molecule has 1 saturated heterocycles. The Balaban J connectivity index is 1.93. The van der Waals surface area contributed by atoms with Gasteiger partial charge in [-0.05, 0) is 43.5 Å². The number of piperidine rings is 1. The fourth-order valence-electron chi connectivity index (χ4n) is 3.12. The highest BCUT2D eigenvalue weighted by Crippen LogP contribution is 2.33. The summed E-state index contributed by atoms with van der Waals surface area (Å²) in [7, 11) is 1.68. The zero-order chi connectivity index (χ0) is 15.7. The predicted octanol–water partition coefficient (Wildman–Crippen LogP) is 3.17. The number of aromatic nitrogens is 1. The van der Waals surface area contributed by atoms with E-state index in [1.54, 1.807) is 7.11 Å². The molecule has 2 heterocycles. The van der Waals surface area contributed by atoms with E-state index in [-0.39, 0.29) is 6.61 Å². The third kappa shape index (κ3) is 2.67. The smallest absolute Gasteiger partial charge is 0.0941 e. The number of methoxy groups -OCH3 is 1. The van der Waals surface area contributed by atoms with Gasteiger partial charge in [-0.15, -0.1) is 0 Å². The molecule has 3 rings (SSSR count). The molecule has 2 aromatic rings. The number of aliphatic hydroxyl groups excluding tert-OH is 1. The zero-order valence-corrected chi connectivity index (χ0v) is 13.7. The van der Waals surface area contributed by atoms with E-state index < -0.39 is 5.60 Å². The standard InChI is InChI=1S/C17H21ClN2O2/c1-12-9-13-15(10-14(12)18)19-6-3-16(13)20-7-4-17(11-21,22-2)5-8-20/h3,6,9-10,21H,4-5,7-8,11H2,1-2H3. The molecule has 1 aromatic heterocycles. The fourth-order valence-corrected chi connectivity index (χ4v) is 3.28. The number of ether oxygens (including phenoxy) is 1. The first kappa shape index (κ1) is 15.5. The van der Waals surface area contributed by atoms with Gasteiger partial charge in [-0.1, -0.05) is 11.6 Å². The quantitative estimate of drug-likeness (QED) is 0.943. The van der Waals surface area contributed by atoms with Crippen molar-refractivity contribution in [1.82, 2.24) is 4.98 Å². The lowest BCUT2D eigenvalue weighted by atomic mass is 9.91. The zero-order valence-electron chi connectivity index (χ0n) is 13.0. The van der Waals surface area contributed by atoms with Gasteiger partial charge in [0.1, 0.15) is 0 Å². The summed E-state index contributed by atoms with van der Waals surface area (Å²) in [4.78, 5) is 6.76. The maximum atomic E-state index is 9.57. The van der Waals surface area contributed by atoms with E-state index in [1.807, 2.05) is 19.2 Å². The van der Waals surface area contributed by atoms with E-state index in [0.29, 0.717) is 0 Å². The third-order valence-electron chi connectivity index (χ3n) is 4.74. The van der Waals surface area contributed by atoms with Gasteiger partial charge in [0.15, 0.2) is 0 Å². The van der Waals surface area contributed by atoms with Crippen LogP contribution in [-0.4, -0.2) is 42.5 Å². The maximum Gasteiger partial charge on any atom is 0.0941 e. The highest BCUT2D eigenvalue weighted by Gasteiger charge is 2.34. The van der Waals surface area contributed by atoms with Gasteiger partial charge in [0.2, 0.25) is 0 Å². The van der Waals surface area contributed by atoms with Crippen molar-refractivity contribution < 1.29 is 9.84 Å². The van der Waals surface area contributed by atoms with Crippen LogP contribution in [0, 0.1) is 6.92 Å². The number of hydrogen-bond acceptors (Lipinski definition) is 4. The Morgan fingerprint density at radius 1 is 1.36 bits per heavy atom. The summed E-state index contributed by atoms with van der Waals surface area (Å²) >= 11 is 6.20. The van der Waals surface area contributed by atoms with Crippen molar-refractivity contribution in [1.29, 1.82) is 0 Å². The van der Waals surface area contributed by atoms with Crippen LogP contribution >= 0.6 is 11.6 Å². The molecular weight excluding hydrogens is 300 g/mol. The van der Waals surface area contributed by atoms with Gasteiger partial charge in [-0.25, -0.2) is 0 Å². The van der Waals surface area contributed by atoms with Crippen LogP contribution in [0.3, 0.4) is 0 Å². The molecule has 0 aliphatic carbocycles. The minimum Gasteiger partial charge on any atom is -0.393 e. The summed E-state index contributed by atoms with van der Waals surface area (Å²) in [5.41, 5.74) is 2.76. The lowest BCUT2D eigenvalue weighted by Crippen LogP contribution is -2.48. The molecule has 0 unspecified atom stereocenters. The van der Waals surface area contributed by atoms with Crippen LogP contribution < -0.4 is 4.90 Å². The molecule has 22 heavy (non-hydrogen) atoms. The second-order valence-corrected chi connectivity index (χ2v) is 6.39. The number of nitrogens with zero attached hydrogens (tertiary/aromatic N) is 2. The number of pyridine rings is 1. The Morgan fingerprint density at radius 3 is 2.73 bits per heavy atom. The van der Waals surface area contributed by atoms with Gasteiger partial charge in [0.05, 0.1) is 17.7 Å². The van der Waals surface area contributed by atoms with E-state index >= 15 is 0 Å². The summed E-state index contributed by atoms with van der Waals surface area (Å²) < 4.78 is 5.53. The summed E-state index contributed by atoms with van der Waals surface area (Å²) in [5.74, 6) is 0. The molecule has 0 bridgehead atoms. The first-order valence-corrected chi connectivity index (χ1v) is 7.92. The van der Waals surface area contributed by atoms with Crippen LogP contribution in [-0.2, 0) is 4.74 Å². The Hall–Kier alpha value is -1.36. The van der Waals surface area contributed by atoms with E-state index in [1.165, 1.54) is 5.69 Å². The van der Waals surface area contributed by atoms with Crippen molar-refractivity contribution >= 4 is 28.2 Å². The lowest BCUT2D eigenvalue weighted by molar-refractivity contribution is -0.0672. The second kappa shape index (κ2) is 6.03. The molecule has 118 valence electrons. The molecule has 0 spiro atoms. The SMILES string of the molecule is COC1(CO)CCN(c2ccnc3cc(Cl)c(C)cc23)CC1. The third-order valence-corrected chi connectivity index (χ3v) is 5.14. The topological polar surface area (TPSA) is 45.6 Å². The molecule has 1 N–H and O–H groups in total. The number of aliphatic hydroxyl groups is 1. The van der Waals surface area contributed by atoms with Crippen LogP contribution in [0.2, 0.25) is 5.02 Å². The number of rotatable bonds is 3. The van der Waals surface area contributed by atoms with Gasteiger partial charge in [0.25, 0.3) is 0 Å². The van der Waals surface area contributed by atoms with Crippen molar-refractivity contribution in [2.45, 2.75) is 25.4 Å². The number of fused-ring (bicyclic) bond motifs is 1. The largest absolute Gasteiger partial charge is 0.393 e. The van der Waals surface area contributed by atoms with E-state index in [0.717, 1.165) is 47.4 Å². The highest BCUT2D eigenvalue weighted by atomic mass is 35.5. The minimum atomic E-state index is -0.390. The predicted molar refractivity (Wildman–Crippen MR) is 89.8 cm³/mol. The molecule has 1 aliphatic heterocycles. The molecule has 1 aromatic carbocycles. The van der Waals surface area contributed by atoms with Crippen molar-refractivity contribution in [2.24, 2.45) is 0 Å². The molecule has 1 aliphatic rings. The molecule has 0 amide bonds. The van der Waals surface area contributed by atoms with Gasteiger partial charge < -0.3 is 14.7 Å². The van der Waals surface area contributed by atoms with Crippen LogP contribution in [0.1, 0.15) is 18.4 Å². The molecule has 0 atom stereocenters. The van der Waals surface area contributed by atoms with Gasteiger partial charge >= 0.3 is 0 Å². The van der Waals surface area contributed by atoms with E-state index in [2.05, 4.69) is 22.0 Å². The molecule has 4 nitrogen and oxygen atoms in total. The lowest BCUT2D eigenvalue weighted by Gasteiger charge is -2.41. The Morgan fingerprint density at radius 2 is 2.09 bits per heavy atom. The van der Waals surface area contributed by atoms with Crippen LogP contribution in [0.5, 0.6) is 0 Å². The number of hydrogen-bond donors (Lipinski definition) is 1. The summed E-state index contributed by atoms with van der Waals surface area (Å²) in [6.45, 7) is 3.80. The van der Waals surface area contributed by atoms with E-state index in [4.69, 9.17) is 16.3 Å². The van der Waals surface area contributed by atoms with E-state index in [9.17, 15) is 5.11 Å². The Bertz CT molecular complexity index is 676. The number of halogens is 1. The monoisotopic (exact) mass is 320 g/mol. The molecule has 0 saturated carbocycles. The average Bonchev–Trinajstić information content (AvgIpc) is 2.56. The van der Waals surface area contributed by atoms with Crippen molar-refractivity contribution in [3.05, 3.63) is 35.0 Å². The minimum absolute atomic E-state index is 0.0726. The van der Waals surface area contributed by atoms with Crippen molar-refractivity contribution in [2.75, 3.05) is 31.7 Å². The normalized spacial score (nSPS) is 17.9. The number of anilines is 1. The second-order valence-electron chi connectivity index (χ2n) is 5.98. The maximum absolute atomic E-state index is 9.57. The van der Waals surface area contributed by atoms with Gasteiger partial charge in [0, 0.05) is 42.5 Å². The summed E-state index contributed by atoms with van der Waals surface area (Å²) in [6, 6.07) is 6.07. The number of benzene rings is 1.